The molecule has 1 saturated heterocycles. The summed E-state index contributed by atoms with van der Waals surface area (Å²) in [6.07, 6.45) is 7.68. The Bertz CT molecular complexity index is 520. The van der Waals surface area contributed by atoms with E-state index in [1.54, 1.807) is 6.26 Å². The van der Waals surface area contributed by atoms with E-state index in [0.29, 0.717) is 5.76 Å². The summed E-state index contributed by atoms with van der Waals surface area (Å²) in [5.41, 5.74) is 0.241. The number of carbonyl (C=O) groups excluding carboxylic acids is 1. The van der Waals surface area contributed by atoms with Gasteiger partial charge in [-0.15, -0.1) is 0 Å². The van der Waals surface area contributed by atoms with Crippen molar-refractivity contribution >= 4 is 5.91 Å². The fourth-order valence-electron chi connectivity index (χ4n) is 4.14. The second kappa shape index (κ2) is 5.48. The third kappa shape index (κ3) is 2.61. The number of aliphatic hydroxyl groups is 1. The zero-order chi connectivity index (χ0) is 15.0. The summed E-state index contributed by atoms with van der Waals surface area (Å²) in [6.45, 7) is 4.62. The Morgan fingerprint density at radius 3 is 2.86 bits per heavy atom. The number of carbonyl (C=O) groups is 1. The Morgan fingerprint density at radius 2 is 2.19 bits per heavy atom. The van der Waals surface area contributed by atoms with Crippen LogP contribution in [0.15, 0.2) is 16.7 Å². The molecule has 4 heteroatoms. The average Bonchev–Trinajstić information content (AvgIpc) is 3.06. The summed E-state index contributed by atoms with van der Waals surface area (Å²) in [5, 5.41) is 10.7. The lowest BCUT2D eigenvalue weighted by atomic mass is 9.72. The molecule has 0 unspecified atom stereocenters. The van der Waals surface area contributed by atoms with Crippen molar-refractivity contribution in [1.82, 2.24) is 4.90 Å². The van der Waals surface area contributed by atoms with Gasteiger partial charge in [0.15, 0.2) is 5.76 Å². The minimum Gasteiger partial charge on any atom is -0.459 e. The second-order valence-electron chi connectivity index (χ2n) is 6.85. The Kier molecular flexibility index (Phi) is 3.82. The molecule has 0 spiro atoms. The van der Waals surface area contributed by atoms with Crippen LogP contribution in [0.3, 0.4) is 0 Å². The normalized spacial score (nSPS) is 33.4. The standard InChI is InChI=1S/C17H25NO3/c1-12-8-11-21-15(12)16(19)18-10-5-7-14(18)13-6-3-4-9-17(13,2)20/h8,11,13-14,20H,3-7,9-10H2,1-2H3/t13-,14-,17+/m1/s1. The van der Waals surface area contributed by atoms with Crippen LogP contribution in [-0.2, 0) is 0 Å². The average molecular weight is 291 g/mol. The first-order chi connectivity index (χ1) is 10.0. The van der Waals surface area contributed by atoms with Gasteiger partial charge in [-0.3, -0.25) is 4.79 Å². The Hall–Kier alpha value is -1.29. The molecule has 1 aliphatic heterocycles. The predicted molar refractivity (Wildman–Crippen MR) is 80.1 cm³/mol. The van der Waals surface area contributed by atoms with E-state index in [-0.39, 0.29) is 17.9 Å². The topological polar surface area (TPSA) is 53.7 Å². The summed E-state index contributed by atoms with van der Waals surface area (Å²) in [4.78, 5) is 14.7. The minimum atomic E-state index is -0.649. The molecule has 1 aliphatic carbocycles. The fourth-order valence-corrected chi connectivity index (χ4v) is 4.14. The number of likely N-dealkylation sites (tertiary alicyclic amines) is 1. The Labute approximate surface area is 126 Å². The van der Waals surface area contributed by atoms with E-state index in [1.165, 1.54) is 0 Å². The molecule has 1 N–H and O–H groups in total. The summed E-state index contributed by atoms with van der Waals surface area (Å²) >= 11 is 0. The van der Waals surface area contributed by atoms with Gasteiger partial charge in [0.05, 0.1) is 11.9 Å². The van der Waals surface area contributed by atoms with Crippen LogP contribution >= 0.6 is 0 Å². The smallest absolute Gasteiger partial charge is 0.290 e. The molecule has 1 saturated carbocycles. The molecular formula is C17H25NO3. The van der Waals surface area contributed by atoms with E-state index < -0.39 is 5.60 Å². The van der Waals surface area contributed by atoms with Gasteiger partial charge in [0, 0.05) is 24.1 Å². The maximum atomic E-state index is 12.7. The molecule has 2 heterocycles. The number of hydrogen-bond acceptors (Lipinski definition) is 3. The highest BCUT2D eigenvalue weighted by Gasteiger charge is 2.45. The summed E-state index contributed by atoms with van der Waals surface area (Å²) in [6, 6.07) is 1.98. The highest BCUT2D eigenvalue weighted by Crippen LogP contribution is 2.41. The van der Waals surface area contributed by atoms with Gasteiger partial charge in [0.25, 0.3) is 5.91 Å². The number of amides is 1. The first kappa shape index (κ1) is 14.6. The Balaban J connectivity index is 1.82. The third-order valence-electron chi connectivity index (χ3n) is 5.33. The van der Waals surface area contributed by atoms with Crippen LogP contribution < -0.4 is 0 Å². The first-order valence-corrected chi connectivity index (χ1v) is 8.08. The molecule has 3 atom stereocenters. The van der Waals surface area contributed by atoms with Gasteiger partial charge >= 0.3 is 0 Å². The van der Waals surface area contributed by atoms with Crippen molar-refractivity contribution < 1.29 is 14.3 Å². The molecule has 1 aromatic heterocycles. The van der Waals surface area contributed by atoms with Crippen LogP contribution in [0.2, 0.25) is 0 Å². The zero-order valence-electron chi connectivity index (χ0n) is 13.0. The summed E-state index contributed by atoms with van der Waals surface area (Å²) < 4.78 is 5.37. The highest BCUT2D eigenvalue weighted by atomic mass is 16.3. The Morgan fingerprint density at radius 1 is 1.38 bits per heavy atom. The van der Waals surface area contributed by atoms with Crippen LogP contribution in [0.25, 0.3) is 0 Å². The largest absolute Gasteiger partial charge is 0.459 e. The maximum absolute atomic E-state index is 12.7. The van der Waals surface area contributed by atoms with E-state index in [0.717, 1.165) is 50.6 Å². The molecule has 1 amide bonds. The quantitative estimate of drug-likeness (QED) is 0.910. The molecule has 2 fully saturated rings. The van der Waals surface area contributed by atoms with Crippen LogP contribution in [-0.4, -0.2) is 34.1 Å². The highest BCUT2D eigenvalue weighted by molar-refractivity contribution is 5.93. The van der Waals surface area contributed by atoms with Crippen molar-refractivity contribution in [2.75, 3.05) is 6.54 Å². The van der Waals surface area contributed by atoms with Crippen molar-refractivity contribution in [1.29, 1.82) is 0 Å². The molecule has 2 aliphatic rings. The van der Waals surface area contributed by atoms with Crippen molar-refractivity contribution in [3.05, 3.63) is 23.7 Å². The number of nitrogens with zero attached hydrogens (tertiary/aromatic N) is 1. The molecule has 116 valence electrons. The van der Waals surface area contributed by atoms with E-state index in [9.17, 15) is 9.90 Å². The first-order valence-electron chi connectivity index (χ1n) is 8.08. The lowest BCUT2D eigenvalue weighted by molar-refractivity contribution is -0.0580. The van der Waals surface area contributed by atoms with Crippen molar-refractivity contribution in [2.24, 2.45) is 5.92 Å². The lowest BCUT2D eigenvalue weighted by Gasteiger charge is -2.43. The van der Waals surface area contributed by atoms with E-state index in [2.05, 4.69) is 0 Å². The molecule has 0 aromatic carbocycles. The van der Waals surface area contributed by atoms with Crippen molar-refractivity contribution in [3.63, 3.8) is 0 Å². The zero-order valence-corrected chi connectivity index (χ0v) is 13.0. The maximum Gasteiger partial charge on any atom is 0.290 e. The number of furan rings is 1. The number of rotatable bonds is 2. The van der Waals surface area contributed by atoms with E-state index in [1.807, 2.05) is 24.8 Å². The number of aryl methyl sites for hydroxylation is 1. The number of hydrogen-bond donors (Lipinski definition) is 1. The summed E-state index contributed by atoms with van der Waals surface area (Å²) in [5.74, 6) is 0.631. The van der Waals surface area contributed by atoms with Crippen LogP contribution in [0.5, 0.6) is 0 Å². The van der Waals surface area contributed by atoms with Crippen LogP contribution in [0.4, 0.5) is 0 Å². The molecule has 21 heavy (non-hydrogen) atoms. The molecule has 3 rings (SSSR count). The summed E-state index contributed by atoms with van der Waals surface area (Å²) in [7, 11) is 0. The van der Waals surface area contributed by atoms with Gasteiger partial charge in [-0.05, 0) is 45.6 Å². The SMILES string of the molecule is Cc1ccoc1C(=O)N1CCC[C@@H]1[C@H]1CCCC[C@]1(C)O. The van der Waals surface area contributed by atoms with Gasteiger partial charge in [-0.25, -0.2) is 0 Å². The van der Waals surface area contributed by atoms with E-state index >= 15 is 0 Å². The van der Waals surface area contributed by atoms with Crippen LogP contribution in [0.1, 0.15) is 61.6 Å². The fraction of sp³-hybridized carbons (Fsp3) is 0.706. The van der Waals surface area contributed by atoms with Gasteiger partial charge in [0.1, 0.15) is 0 Å². The minimum absolute atomic E-state index is 0.0126. The monoisotopic (exact) mass is 291 g/mol. The van der Waals surface area contributed by atoms with Gasteiger partial charge in [0.2, 0.25) is 0 Å². The molecule has 1 aromatic rings. The van der Waals surface area contributed by atoms with Gasteiger partial charge < -0.3 is 14.4 Å². The molecule has 4 nitrogen and oxygen atoms in total. The van der Waals surface area contributed by atoms with Crippen LogP contribution in [0, 0.1) is 12.8 Å². The predicted octanol–water partition coefficient (Wildman–Crippen LogP) is 3.13. The second-order valence-corrected chi connectivity index (χ2v) is 6.85. The lowest BCUT2D eigenvalue weighted by Crippen LogP contribution is -2.50. The van der Waals surface area contributed by atoms with Crippen molar-refractivity contribution in [2.45, 2.75) is 64.0 Å². The molecular weight excluding hydrogens is 266 g/mol. The molecule has 0 bridgehead atoms. The third-order valence-corrected chi connectivity index (χ3v) is 5.33. The van der Waals surface area contributed by atoms with E-state index in [4.69, 9.17) is 4.42 Å². The van der Waals surface area contributed by atoms with Gasteiger partial charge in [-0.2, -0.15) is 0 Å². The van der Waals surface area contributed by atoms with Gasteiger partial charge in [-0.1, -0.05) is 12.8 Å². The van der Waals surface area contributed by atoms with Crippen molar-refractivity contribution in [3.8, 4) is 0 Å². The molecule has 0 radical (unpaired) electrons.